The summed E-state index contributed by atoms with van der Waals surface area (Å²) in [6.45, 7) is 4.86. The van der Waals surface area contributed by atoms with E-state index in [2.05, 4.69) is 47.1 Å². The zero-order valence-corrected chi connectivity index (χ0v) is 29.3. The zero-order valence-electron chi connectivity index (χ0n) is 28.5. The lowest BCUT2D eigenvalue weighted by molar-refractivity contribution is -0.125. The minimum atomic E-state index is -1.34. The Morgan fingerprint density at radius 3 is 2.44 bits per heavy atom. The highest BCUT2D eigenvalue weighted by molar-refractivity contribution is 5.99. The number of ether oxygens (including phenoxy) is 1. The van der Waals surface area contributed by atoms with E-state index in [0.717, 1.165) is 70.5 Å². The highest BCUT2D eigenvalue weighted by Crippen LogP contribution is 2.27. The molecule has 0 spiro atoms. The number of nitrogens with zero attached hydrogens (tertiary/aromatic N) is 8. The molecule has 2 aliphatic rings. The van der Waals surface area contributed by atoms with Gasteiger partial charge < -0.3 is 26.0 Å². The Morgan fingerprint density at radius 2 is 1.69 bits per heavy atom. The van der Waals surface area contributed by atoms with Gasteiger partial charge in [0.2, 0.25) is 6.10 Å². The summed E-state index contributed by atoms with van der Waals surface area (Å²) >= 11 is 0. The van der Waals surface area contributed by atoms with Crippen molar-refractivity contribution >= 4 is 35.8 Å². The number of aromatic nitrogens is 7. The summed E-state index contributed by atoms with van der Waals surface area (Å²) in [6, 6.07) is 14.5. The summed E-state index contributed by atoms with van der Waals surface area (Å²) in [5.74, 6) is -2.13. The summed E-state index contributed by atoms with van der Waals surface area (Å²) in [6.07, 6.45) is 10.8. The lowest BCUT2D eigenvalue weighted by Crippen LogP contribution is -2.36. The van der Waals surface area contributed by atoms with Gasteiger partial charge in [-0.2, -0.15) is 5.10 Å². The highest BCUT2D eigenvalue weighted by Gasteiger charge is 2.29. The Morgan fingerprint density at radius 1 is 0.962 bits per heavy atom. The quantitative estimate of drug-likeness (QED) is 0.165. The first kappa shape index (κ1) is 36.5. The van der Waals surface area contributed by atoms with E-state index in [1.807, 2.05) is 15.6 Å². The Balaban J connectivity index is 0.00000464. The van der Waals surface area contributed by atoms with Crippen LogP contribution in [0.15, 0.2) is 79.4 Å². The fraction of sp³-hybridized carbons (Fsp3) is 0.361. The van der Waals surface area contributed by atoms with Crippen LogP contribution >= 0.6 is 12.4 Å². The zero-order chi connectivity index (χ0) is 35.2. The fourth-order valence-corrected chi connectivity index (χ4v) is 6.52. The molecule has 2 aromatic carbocycles. The summed E-state index contributed by atoms with van der Waals surface area (Å²) in [5.41, 5.74) is 8.73. The summed E-state index contributed by atoms with van der Waals surface area (Å²) < 4.78 is 23.1. The van der Waals surface area contributed by atoms with E-state index in [4.69, 9.17) is 10.5 Å². The van der Waals surface area contributed by atoms with E-state index < -0.39 is 23.8 Å². The van der Waals surface area contributed by atoms with Crippen molar-refractivity contribution in [1.29, 1.82) is 0 Å². The number of piperidine rings is 2. The molecule has 0 aliphatic carbocycles. The maximum absolute atomic E-state index is 13.5. The summed E-state index contributed by atoms with van der Waals surface area (Å²) in [5, 5.41) is 19.5. The molecule has 7 rings (SSSR count). The molecule has 1 amide bonds. The number of nitrogen functional groups attached to an aromatic ring is 1. The first-order chi connectivity index (χ1) is 24.9. The smallest absolute Gasteiger partial charge is 0.361 e. The van der Waals surface area contributed by atoms with Crippen LogP contribution in [0.25, 0.3) is 11.3 Å². The molecule has 272 valence electrons. The van der Waals surface area contributed by atoms with E-state index in [1.54, 1.807) is 36.5 Å². The number of esters is 1. The SMILES string of the molecule is Cl.Nc1ncc(-c2cnn(C3CCN(CCc4cn(C5CCNCC5)nn4)CC3)c2)nc1C(=O)O[C@@H](C(=O)Nc1ccc(F)cc1)c1ccccc1. The van der Waals surface area contributed by atoms with Gasteiger partial charge in [-0.1, -0.05) is 35.5 Å². The van der Waals surface area contributed by atoms with Crippen molar-refractivity contribution in [2.45, 2.75) is 50.3 Å². The van der Waals surface area contributed by atoms with Crippen molar-refractivity contribution in [3.63, 3.8) is 0 Å². The molecule has 16 heteroatoms. The average Bonchev–Trinajstić information content (AvgIpc) is 3.86. The largest absolute Gasteiger partial charge is 0.442 e. The normalized spacial score (nSPS) is 16.2. The van der Waals surface area contributed by atoms with Gasteiger partial charge in [0.1, 0.15) is 5.82 Å². The van der Waals surface area contributed by atoms with Gasteiger partial charge in [-0.25, -0.2) is 23.8 Å². The third-order valence-corrected chi connectivity index (χ3v) is 9.42. The number of nitrogens with one attached hydrogen (secondary N) is 2. The molecule has 3 aromatic heterocycles. The number of amides is 1. The molecule has 5 heterocycles. The molecule has 2 fully saturated rings. The number of likely N-dealkylation sites (tertiary alicyclic amines) is 1. The molecule has 0 radical (unpaired) electrons. The van der Waals surface area contributed by atoms with Crippen LogP contribution in [-0.4, -0.2) is 84.2 Å². The van der Waals surface area contributed by atoms with E-state index >= 15 is 0 Å². The van der Waals surface area contributed by atoms with E-state index in [-0.39, 0.29) is 30.0 Å². The number of benzene rings is 2. The van der Waals surface area contributed by atoms with Gasteiger partial charge in [-0.3, -0.25) is 9.48 Å². The van der Waals surface area contributed by atoms with Crippen LogP contribution in [0, 0.1) is 5.82 Å². The lowest BCUT2D eigenvalue weighted by Gasteiger charge is -2.31. The minimum Gasteiger partial charge on any atom is -0.442 e. The molecule has 5 aromatic rings. The molecule has 0 unspecified atom stereocenters. The molecule has 0 saturated carbocycles. The van der Waals surface area contributed by atoms with Gasteiger partial charge in [0.15, 0.2) is 11.5 Å². The van der Waals surface area contributed by atoms with Gasteiger partial charge in [0.05, 0.1) is 35.9 Å². The molecular formula is C36H41ClFN11O3. The Kier molecular flexibility index (Phi) is 11.8. The second-order valence-corrected chi connectivity index (χ2v) is 12.9. The van der Waals surface area contributed by atoms with E-state index in [9.17, 15) is 14.0 Å². The van der Waals surface area contributed by atoms with Crippen molar-refractivity contribution in [3.8, 4) is 11.3 Å². The second kappa shape index (κ2) is 16.8. The van der Waals surface area contributed by atoms with Gasteiger partial charge in [0.25, 0.3) is 5.91 Å². The molecule has 1 atom stereocenters. The molecule has 14 nitrogen and oxygen atoms in total. The van der Waals surface area contributed by atoms with Gasteiger partial charge in [-0.05, 0) is 63.0 Å². The maximum atomic E-state index is 13.5. The third-order valence-electron chi connectivity index (χ3n) is 9.42. The number of nitrogens with two attached hydrogens (primary N) is 1. The van der Waals surface area contributed by atoms with E-state index in [0.29, 0.717) is 28.6 Å². The van der Waals surface area contributed by atoms with Crippen LogP contribution in [0.2, 0.25) is 0 Å². The lowest BCUT2D eigenvalue weighted by atomic mass is 10.0. The molecular weight excluding hydrogens is 689 g/mol. The molecule has 2 saturated heterocycles. The predicted octanol–water partition coefficient (Wildman–Crippen LogP) is 4.42. The number of anilines is 2. The maximum Gasteiger partial charge on any atom is 0.361 e. The van der Waals surface area contributed by atoms with Crippen LogP contribution in [0.3, 0.4) is 0 Å². The number of hydrogen-bond acceptors (Lipinski definition) is 11. The van der Waals surface area contributed by atoms with Crippen LogP contribution in [-0.2, 0) is 16.0 Å². The number of hydrogen-bond donors (Lipinski definition) is 3. The number of halogens is 2. The standard InChI is InChI=1S/C36H40FN11O3.ClH/c37-26-6-8-27(9-7-26)42-35(49)33(24-4-2-1-3-5-24)51-36(50)32-34(38)40-21-31(43-32)25-20-41-47(22-25)30-13-18-46(19-14-30)17-12-28-23-48(45-44-28)29-10-15-39-16-11-29;/h1-9,20-23,29-30,33,39H,10-19H2,(H2,38,40)(H,42,49);1H/t33-;/m1./s1. The third kappa shape index (κ3) is 8.78. The van der Waals surface area contributed by atoms with Crippen LogP contribution in [0.5, 0.6) is 0 Å². The van der Waals surface area contributed by atoms with Crippen molar-refractivity contribution in [2.75, 3.05) is 43.8 Å². The van der Waals surface area contributed by atoms with Crippen molar-refractivity contribution in [1.82, 2.24) is 45.0 Å². The topological polar surface area (TPSA) is 171 Å². The molecule has 4 N–H and O–H groups in total. The fourth-order valence-electron chi connectivity index (χ4n) is 6.52. The van der Waals surface area contributed by atoms with Gasteiger partial charge in [-0.15, -0.1) is 17.5 Å². The summed E-state index contributed by atoms with van der Waals surface area (Å²) in [7, 11) is 0. The number of rotatable bonds is 11. The Bertz CT molecular complexity index is 1940. The molecule has 52 heavy (non-hydrogen) atoms. The average molecular weight is 730 g/mol. The minimum absolute atomic E-state index is 0. The predicted molar refractivity (Wildman–Crippen MR) is 194 cm³/mol. The van der Waals surface area contributed by atoms with Crippen LogP contribution < -0.4 is 16.4 Å². The van der Waals surface area contributed by atoms with Crippen molar-refractivity contribution in [3.05, 3.63) is 102 Å². The monoisotopic (exact) mass is 729 g/mol. The number of carbonyl (C=O) groups excluding carboxylic acids is 2. The first-order valence-electron chi connectivity index (χ1n) is 17.2. The van der Waals surface area contributed by atoms with Crippen LogP contribution in [0.4, 0.5) is 15.9 Å². The highest BCUT2D eigenvalue weighted by atomic mass is 35.5. The van der Waals surface area contributed by atoms with Crippen LogP contribution in [0.1, 0.15) is 65.6 Å². The Labute approximate surface area is 306 Å². The van der Waals surface area contributed by atoms with Gasteiger partial charge in [0, 0.05) is 55.3 Å². The molecule has 0 bridgehead atoms. The van der Waals surface area contributed by atoms with Gasteiger partial charge >= 0.3 is 5.97 Å². The number of carbonyl (C=O) groups is 2. The second-order valence-electron chi connectivity index (χ2n) is 12.9. The van der Waals surface area contributed by atoms with E-state index in [1.165, 1.54) is 30.5 Å². The Hall–Kier alpha value is -5.25. The van der Waals surface area contributed by atoms with Crippen molar-refractivity contribution in [2.24, 2.45) is 0 Å². The molecule has 2 aliphatic heterocycles. The van der Waals surface area contributed by atoms with Crippen molar-refractivity contribution < 1.29 is 18.7 Å². The summed E-state index contributed by atoms with van der Waals surface area (Å²) in [4.78, 5) is 37.9. The first-order valence-corrected chi connectivity index (χ1v) is 17.2.